The average Bonchev–Trinajstić information content (AvgIpc) is 2.54. The first-order valence-corrected chi connectivity index (χ1v) is 6.77. The van der Waals surface area contributed by atoms with Gasteiger partial charge in [0, 0.05) is 12.6 Å². The maximum absolute atomic E-state index is 11.9. The number of ether oxygens (including phenoxy) is 2. The van der Waals surface area contributed by atoms with Crippen molar-refractivity contribution in [1.29, 1.82) is 0 Å². The standard InChI is InChI=1S/C15H17N3O4/c1-3-22-12-6-4-10(8-13(12)21-2)9-16-15(20)11-5-7-14(19)18-17-11/h4-8H,3,9H2,1-2H3,(H,16,20)(H,18,19). The number of hydrogen-bond donors (Lipinski definition) is 2. The van der Waals surface area contributed by atoms with E-state index in [4.69, 9.17) is 9.47 Å². The second-order valence-electron chi connectivity index (χ2n) is 4.41. The van der Waals surface area contributed by atoms with Crippen LogP contribution in [0.15, 0.2) is 35.1 Å². The summed E-state index contributed by atoms with van der Waals surface area (Å²) in [5.74, 6) is 0.891. The van der Waals surface area contributed by atoms with Crippen LogP contribution in [-0.2, 0) is 6.54 Å². The van der Waals surface area contributed by atoms with Crippen LogP contribution in [0.5, 0.6) is 11.5 Å². The summed E-state index contributed by atoms with van der Waals surface area (Å²) in [6.45, 7) is 2.75. The van der Waals surface area contributed by atoms with Crippen molar-refractivity contribution in [3.63, 3.8) is 0 Å². The normalized spacial score (nSPS) is 10.1. The van der Waals surface area contributed by atoms with E-state index >= 15 is 0 Å². The molecule has 1 aromatic heterocycles. The van der Waals surface area contributed by atoms with Crippen molar-refractivity contribution in [2.45, 2.75) is 13.5 Å². The lowest BCUT2D eigenvalue weighted by Crippen LogP contribution is -2.25. The number of nitrogens with zero attached hydrogens (tertiary/aromatic N) is 1. The fraction of sp³-hybridized carbons (Fsp3) is 0.267. The number of benzene rings is 1. The molecule has 0 spiro atoms. The van der Waals surface area contributed by atoms with Gasteiger partial charge in [-0.2, -0.15) is 5.10 Å². The molecule has 7 heteroatoms. The van der Waals surface area contributed by atoms with Crippen LogP contribution in [0.2, 0.25) is 0 Å². The number of H-pyrrole nitrogens is 1. The molecule has 116 valence electrons. The minimum Gasteiger partial charge on any atom is -0.493 e. The minimum absolute atomic E-state index is 0.150. The second kappa shape index (κ2) is 7.26. The van der Waals surface area contributed by atoms with Gasteiger partial charge in [0.1, 0.15) is 5.69 Å². The molecule has 7 nitrogen and oxygen atoms in total. The quantitative estimate of drug-likeness (QED) is 0.833. The average molecular weight is 303 g/mol. The molecule has 0 unspecified atom stereocenters. The maximum Gasteiger partial charge on any atom is 0.271 e. The Labute approximate surface area is 127 Å². The lowest BCUT2D eigenvalue weighted by atomic mass is 10.2. The summed E-state index contributed by atoms with van der Waals surface area (Å²) >= 11 is 0. The third-order valence-corrected chi connectivity index (χ3v) is 2.89. The van der Waals surface area contributed by atoms with Crippen molar-refractivity contribution in [3.8, 4) is 11.5 Å². The summed E-state index contributed by atoms with van der Waals surface area (Å²) in [5, 5.41) is 8.60. The molecule has 0 radical (unpaired) electrons. The number of amides is 1. The molecular weight excluding hydrogens is 286 g/mol. The van der Waals surface area contributed by atoms with Crippen LogP contribution >= 0.6 is 0 Å². The van der Waals surface area contributed by atoms with Crippen LogP contribution in [0.25, 0.3) is 0 Å². The fourth-order valence-corrected chi connectivity index (χ4v) is 1.84. The highest BCUT2D eigenvalue weighted by atomic mass is 16.5. The van der Waals surface area contributed by atoms with E-state index in [1.54, 1.807) is 19.2 Å². The van der Waals surface area contributed by atoms with Crippen molar-refractivity contribution < 1.29 is 14.3 Å². The van der Waals surface area contributed by atoms with Crippen LogP contribution in [-0.4, -0.2) is 29.8 Å². The van der Waals surface area contributed by atoms with Gasteiger partial charge < -0.3 is 14.8 Å². The molecule has 22 heavy (non-hydrogen) atoms. The van der Waals surface area contributed by atoms with Crippen LogP contribution in [0.3, 0.4) is 0 Å². The monoisotopic (exact) mass is 303 g/mol. The molecule has 1 aromatic carbocycles. The van der Waals surface area contributed by atoms with Gasteiger partial charge in [-0.3, -0.25) is 9.59 Å². The number of rotatable bonds is 6. The van der Waals surface area contributed by atoms with E-state index in [1.807, 2.05) is 13.0 Å². The molecule has 1 heterocycles. The Hall–Kier alpha value is -2.83. The van der Waals surface area contributed by atoms with E-state index in [0.29, 0.717) is 24.7 Å². The van der Waals surface area contributed by atoms with Crippen LogP contribution in [0.1, 0.15) is 23.0 Å². The lowest BCUT2D eigenvalue weighted by Gasteiger charge is -2.11. The predicted molar refractivity (Wildman–Crippen MR) is 80.2 cm³/mol. The highest BCUT2D eigenvalue weighted by molar-refractivity contribution is 5.91. The Morgan fingerprint density at radius 3 is 2.73 bits per heavy atom. The Balaban J connectivity index is 2.03. The van der Waals surface area contributed by atoms with E-state index in [0.717, 1.165) is 5.56 Å². The van der Waals surface area contributed by atoms with Crippen LogP contribution in [0.4, 0.5) is 0 Å². The van der Waals surface area contributed by atoms with Gasteiger partial charge in [-0.15, -0.1) is 0 Å². The molecule has 0 saturated carbocycles. The zero-order chi connectivity index (χ0) is 15.9. The Bertz CT molecular complexity index is 692. The number of aromatic nitrogens is 2. The number of hydrogen-bond acceptors (Lipinski definition) is 5. The van der Waals surface area contributed by atoms with E-state index in [9.17, 15) is 9.59 Å². The van der Waals surface area contributed by atoms with E-state index in [1.165, 1.54) is 12.1 Å². The largest absolute Gasteiger partial charge is 0.493 e. The third-order valence-electron chi connectivity index (χ3n) is 2.89. The summed E-state index contributed by atoms with van der Waals surface area (Å²) < 4.78 is 10.7. The highest BCUT2D eigenvalue weighted by Crippen LogP contribution is 2.27. The molecule has 0 aliphatic carbocycles. The molecule has 1 amide bonds. The predicted octanol–water partition coefficient (Wildman–Crippen LogP) is 1.11. The van der Waals surface area contributed by atoms with Gasteiger partial charge >= 0.3 is 0 Å². The molecule has 0 saturated heterocycles. The number of nitrogens with one attached hydrogen (secondary N) is 2. The molecular formula is C15H17N3O4. The van der Waals surface area contributed by atoms with Gasteiger partial charge in [-0.25, -0.2) is 5.10 Å². The van der Waals surface area contributed by atoms with E-state index < -0.39 is 0 Å². The topological polar surface area (TPSA) is 93.3 Å². The SMILES string of the molecule is CCOc1ccc(CNC(=O)c2ccc(=O)[nH]n2)cc1OC. The minimum atomic E-state index is -0.371. The first-order valence-electron chi connectivity index (χ1n) is 6.77. The Morgan fingerprint density at radius 2 is 2.09 bits per heavy atom. The van der Waals surface area contributed by atoms with Gasteiger partial charge in [0.15, 0.2) is 11.5 Å². The highest BCUT2D eigenvalue weighted by Gasteiger charge is 2.09. The van der Waals surface area contributed by atoms with Crippen molar-refractivity contribution >= 4 is 5.91 Å². The van der Waals surface area contributed by atoms with E-state index in [-0.39, 0.29) is 17.2 Å². The number of aromatic amines is 1. The number of methoxy groups -OCH3 is 1. The van der Waals surface area contributed by atoms with Gasteiger partial charge in [0.25, 0.3) is 11.5 Å². The zero-order valence-electron chi connectivity index (χ0n) is 12.4. The number of carbonyl (C=O) groups is 1. The van der Waals surface area contributed by atoms with Crippen molar-refractivity contribution in [2.24, 2.45) is 0 Å². The molecule has 0 aliphatic rings. The summed E-state index contributed by atoms with van der Waals surface area (Å²) in [6.07, 6.45) is 0. The third kappa shape index (κ3) is 3.85. The summed E-state index contributed by atoms with van der Waals surface area (Å²) in [5.41, 5.74) is 0.656. The zero-order valence-corrected chi connectivity index (χ0v) is 12.4. The fourth-order valence-electron chi connectivity index (χ4n) is 1.84. The molecule has 2 N–H and O–H groups in total. The number of carbonyl (C=O) groups excluding carboxylic acids is 1. The summed E-state index contributed by atoms with van der Waals surface area (Å²) in [7, 11) is 1.56. The van der Waals surface area contributed by atoms with Crippen molar-refractivity contribution in [2.75, 3.05) is 13.7 Å². The molecule has 2 aromatic rings. The maximum atomic E-state index is 11.9. The Kier molecular flexibility index (Phi) is 5.13. The van der Waals surface area contributed by atoms with Gasteiger partial charge in [0.2, 0.25) is 0 Å². The van der Waals surface area contributed by atoms with Gasteiger partial charge in [-0.1, -0.05) is 6.07 Å². The molecule has 0 aliphatic heterocycles. The molecule has 0 bridgehead atoms. The van der Waals surface area contributed by atoms with Gasteiger partial charge in [0.05, 0.1) is 13.7 Å². The van der Waals surface area contributed by atoms with Crippen LogP contribution < -0.4 is 20.3 Å². The lowest BCUT2D eigenvalue weighted by molar-refractivity contribution is 0.0944. The summed E-state index contributed by atoms with van der Waals surface area (Å²) in [6, 6.07) is 8.05. The molecule has 0 atom stereocenters. The second-order valence-corrected chi connectivity index (χ2v) is 4.41. The van der Waals surface area contributed by atoms with E-state index in [2.05, 4.69) is 15.5 Å². The summed E-state index contributed by atoms with van der Waals surface area (Å²) in [4.78, 5) is 22.8. The molecule has 2 rings (SSSR count). The van der Waals surface area contributed by atoms with Crippen LogP contribution in [0, 0.1) is 0 Å². The van der Waals surface area contributed by atoms with Crippen molar-refractivity contribution in [1.82, 2.24) is 15.5 Å². The van der Waals surface area contributed by atoms with Crippen molar-refractivity contribution in [3.05, 3.63) is 51.9 Å². The van der Waals surface area contributed by atoms with Gasteiger partial charge in [-0.05, 0) is 30.7 Å². The Morgan fingerprint density at radius 1 is 1.27 bits per heavy atom. The molecule has 0 fully saturated rings. The first-order chi connectivity index (χ1) is 10.6. The first kappa shape index (κ1) is 15.6. The smallest absolute Gasteiger partial charge is 0.271 e.